The van der Waals surface area contributed by atoms with Crippen molar-refractivity contribution in [1.29, 1.82) is 0 Å². The maximum Gasteiger partial charge on any atom is 0.339 e. The number of rotatable bonds is 7. The number of fused-ring (bicyclic) bond motifs is 1. The van der Waals surface area contributed by atoms with Crippen molar-refractivity contribution in [1.82, 2.24) is 9.55 Å². The summed E-state index contributed by atoms with van der Waals surface area (Å²) < 4.78 is 11.4. The third kappa shape index (κ3) is 4.12. The van der Waals surface area contributed by atoms with E-state index in [9.17, 15) is 14.4 Å². The normalized spacial score (nSPS) is 10.8. The summed E-state index contributed by atoms with van der Waals surface area (Å²) in [5.74, 6) is -0.957. The quantitative estimate of drug-likeness (QED) is 0.447. The Morgan fingerprint density at radius 1 is 1.25 bits per heavy atom. The molecule has 3 rings (SSSR count). The molecule has 1 aromatic carbocycles. The van der Waals surface area contributed by atoms with Crippen LogP contribution in [0.2, 0.25) is 0 Å². The molecule has 0 bridgehead atoms. The number of aromatic nitrogens is 2. The van der Waals surface area contributed by atoms with Crippen LogP contribution in [-0.2, 0) is 16.0 Å². The minimum atomic E-state index is -0.510. The zero-order valence-corrected chi connectivity index (χ0v) is 16.5. The number of hydrogen-bond donors (Lipinski definition) is 0. The molecule has 2 heterocycles. The summed E-state index contributed by atoms with van der Waals surface area (Å²) in [7, 11) is 1.31. The van der Waals surface area contributed by atoms with Crippen molar-refractivity contribution in [3.8, 4) is 0 Å². The van der Waals surface area contributed by atoms with Gasteiger partial charge in [0.2, 0.25) is 0 Å². The maximum atomic E-state index is 13.0. The standard InChI is InChI=1S/C20H20N2O5S/c1-3-4-8-27-20(25)15-11-28-17-16(15)18(23)22(12-21-17)10-13-6-5-7-14(9-13)19(24)26-2/h5-7,9,11-12H,3-4,8,10H2,1-2H3. The molecule has 0 saturated heterocycles. The van der Waals surface area contributed by atoms with Gasteiger partial charge in [-0.1, -0.05) is 25.5 Å². The summed E-state index contributed by atoms with van der Waals surface area (Å²) in [4.78, 5) is 41.8. The number of esters is 2. The Kier molecular flexibility index (Phi) is 6.20. The Balaban J connectivity index is 1.92. The molecule has 0 N–H and O–H groups in total. The number of methoxy groups -OCH3 is 1. The molecule has 7 nitrogen and oxygen atoms in total. The van der Waals surface area contributed by atoms with Crippen LogP contribution in [0.3, 0.4) is 0 Å². The van der Waals surface area contributed by atoms with E-state index >= 15 is 0 Å². The molecule has 0 unspecified atom stereocenters. The average Bonchev–Trinajstić information content (AvgIpc) is 3.15. The first-order valence-electron chi connectivity index (χ1n) is 8.86. The van der Waals surface area contributed by atoms with Gasteiger partial charge in [-0.3, -0.25) is 9.36 Å². The first kappa shape index (κ1) is 19.8. The fourth-order valence-corrected chi connectivity index (χ4v) is 3.60. The number of ether oxygens (including phenoxy) is 2. The van der Waals surface area contributed by atoms with E-state index in [4.69, 9.17) is 9.47 Å². The molecule has 0 aliphatic carbocycles. The first-order chi connectivity index (χ1) is 13.5. The summed E-state index contributed by atoms with van der Waals surface area (Å²) in [6, 6.07) is 6.83. The lowest BCUT2D eigenvalue weighted by Crippen LogP contribution is -2.22. The number of carbonyl (C=O) groups excluding carboxylic acids is 2. The molecular formula is C20H20N2O5S. The Bertz CT molecular complexity index is 1070. The van der Waals surface area contributed by atoms with Crippen LogP contribution in [0, 0.1) is 0 Å². The third-order valence-electron chi connectivity index (χ3n) is 4.21. The van der Waals surface area contributed by atoms with Crippen molar-refractivity contribution >= 4 is 33.5 Å². The highest BCUT2D eigenvalue weighted by atomic mass is 32.1. The monoisotopic (exact) mass is 400 g/mol. The van der Waals surface area contributed by atoms with Crippen LogP contribution in [0.15, 0.2) is 40.8 Å². The van der Waals surface area contributed by atoms with E-state index in [0.29, 0.717) is 17.0 Å². The summed E-state index contributed by atoms with van der Waals surface area (Å²) in [6.45, 7) is 2.54. The predicted octanol–water partition coefficient (Wildman–Crippen LogP) is 3.25. The molecule has 2 aromatic heterocycles. The molecule has 0 fully saturated rings. The van der Waals surface area contributed by atoms with Crippen molar-refractivity contribution in [3.63, 3.8) is 0 Å². The highest BCUT2D eigenvalue weighted by molar-refractivity contribution is 7.17. The van der Waals surface area contributed by atoms with Gasteiger partial charge in [-0.25, -0.2) is 14.6 Å². The van der Waals surface area contributed by atoms with Gasteiger partial charge in [-0.15, -0.1) is 11.3 Å². The van der Waals surface area contributed by atoms with Gasteiger partial charge in [0.05, 0.1) is 43.1 Å². The fraction of sp³-hybridized carbons (Fsp3) is 0.300. The summed E-state index contributed by atoms with van der Waals surface area (Å²) >= 11 is 1.23. The van der Waals surface area contributed by atoms with Crippen LogP contribution in [0.5, 0.6) is 0 Å². The second-order valence-electron chi connectivity index (χ2n) is 6.19. The fourth-order valence-electron chi connectivity index (χ4n) is 2.73. The van der Waals surface area contributed by atoms with E-state index in [1.807, 2.05) is 6.92 Å². The van der Waals surface area contributed by atoms with Gasteiger partial charge in [-0.2, -0.15) is 0 Å². The molecule has 3 aromatic rings. The van der Waals surface area contributed by atoms with Crippen molar-refractivity contribution in [2.75, 3.05) is 13.7 Å². The number of unbranched alkanes of at least 4 members (excludes halogenated alkanes) is 1. The van der Waals surface area contributed by atoms with Gasteiger partial charge >= 0.3 is 11.9 Å². The first-order valence-corrected chi connectivity index (χ1v) is 9.74. The van der Waals surface area contributed by atoms with Crippen molar-refractivity contribution in [2.24, 2.45) is 0 Å². The van der Waals surface area contributed by atoms with Crippen LogP contribution in [0.25, 0.3) is 10.2 Å². The topological polar surface area (TPSA) is 87.5 Å². The Morgan fingerprint density at radius 2 is 2.07 bits per heavy atom. The Morgan fingerprint density at radius 3 is 2.82 bits per heavy atom. The molecule has 146 valence electrons. The lowest BCUT2D eigenvalue weighted by molar-refractivity contribution is 0.0501. The van der Waals surface area contributed by atoms with Gasteiger partial charge in [0, 0.05) is 5.38 Å². The van der Waals surface area contributed by atoms with E-state index in [1.165, 1.54) is 29.3 Å². The number of nitrogens with zero attached hydrogens (tertiary/aromatic N) is 2. The predicted molar refractivity (Wildman–Crippen MR) is 106 cm³/mol. The zero-order valence-electron chi connectivity index (χ0n) is 15.6. The molecule has 0 aliphatic rings. The lowest BCUT2D eigenvalue weighted by Gasteiger charge is -2.08. The van der Waals surface area contributed by atoms with Crippen molar-refractivity contribution in [2.45, 2.75) is 26.3 Å². The molecule has 0 saturated carbocycles. The molecule has 8 heteroatoms. The van der Waals surface area contributed by atoms with E-state index in [0.717, 1.165) is 18.4 Å². The second-order valence-corrected chi connectivity index (χ2v) is 7.05. The Hall–Kier alpha value is -3.00. The van der Waals surface area contributed by atoms with E-state index in [1.54, 1.807) is 29.6 Å². The van der Waals surface area contributed by atoms with E-state index in [-0.39, 0.29) is 23.1 Å². The molecular weight excluding hydrogens is 380 g/mol. The summed E-state index contributed by atoms with van der Waals surface area (Å²) in [6.07, 6.45) is 3.13. The number of carbonyl (C=O) groups is 2. The Labute approximate surface area is 165 Å². The zero-order chi connectivity index (χ0) is 20.1. The van der Waals surface area contributed by atoms with Crippen LogP contribution >= 0.6 is 11.3 Å². The van der Waals surface area contributed by atoms with Crippen molar-refractivity contribution in [3.05, 3.63) is 63.0 Å². The molecule has 0 amide bonds. The highest BCUT2D eigenvalue weighted by Gasteiger charge is 2.19. The van der Waals surface area contributed by atoms with Gasteiger partial charge in [0.25, 0.3) is 5.56 Å². The van der Waals surface area contributed by atoms with Crippen molar-refractivity contribution < 1.29 is 19.1 Å². The minimum absolute atomic E-state index is 0.215. The molecule has 0 spiro atoms. The number of hydrogen-bond acceptors (Lipinski definition) is 7. The van der Waals surface area contributed by atoms with Crippen LogP contribution in [0.1, 0.15) is 46.0 Å². The highest BCUT2D eigenvalue weighted by Crippen LogP contribution is 2.22. The average molecular weight is 400 g/mol. The SMILES string of the molecule is CCCCOC(=O)c1csc2ncn(Cc3cccc(C(=O)OC)c3)c(=O)c12. The van der Waals surface area contributed by atoms with E-state index < -0.39 is 11.9 Å². The van der Waals surface area contributed by atoms with Crippen LogP contribution in [0.4, 0.5) is 0 Å². The second kappa shape index (κ2) is 8.79. The molecule has 28 heavy (non-hydrogen) atoms. The van der Waals surface area contributed by atoms with Gasteiger partial charge in [-0.05, 0) is 24.1 Å². The van der Waals surface area contributed by atoms with E-state index in [2.05, 4.69) is 4.98 Å². The smallest absolute Gasteiger partial charge is 0.339 e. The molecule has 0 aliphatic heterocycles. The lowest BCUT2D eigenvalue weighted by atomic mass is 10.1. The number of thiophene rings is 1. The largest absolute Gasteiger partial charge is 0.465 e. The minimum Gasteiger partial charge on any atom is -0.465 e. The maximum absolute atomic E-state index is 13.0. The third-order valence-corrected chi connectivity index (χ3v) is 5.10. The number of benzene rings is 1. The summed E-state index contributed by atoms with van der Waals surface area (Å²) in [5.41, 5.74) is 1.06. The van der Waals surface area contributed by atoms with Gasteiger partial charge in [0.1, 0.15) is 4.83 Å². The summed E-state index contributed by atoms with van der Waals surface area (Å²) in [5, 5.41) is 1.87. The van der Waals surface area contributed by atoms with Gasteiger partial charge in [0.15, 0.2) is 0 Å². The molecule has 0 radical (unpaired) electrons. The molecule has 0 atom stereocenters. The van der Waals surface area contributed by atoms with Crippen LogP contribution < -0.4 is 5.56 Å². The van der Waals surface area contributed by atoms with Crippen LogP contribution in [-0.4, -0.2) is 35.2 Å². The van der Waals surface area contributed by atoms with Gasteiger partial charge < -0.3 is 9.47 Å².